The van der Waals surface area contributed by atoms with Crippen LogP contribution in [0.4, 0.5) is 0 Å². The summed E-state index contributed by atoms with van der Waals surface area (Å²) in [5.41, 5.74) is 5.99. The summed E-state index contributed by atoms with van der Waals surface area (Å²) in [4.78, 5) is 0. The maximum atomic E-state index is 5.65. The van der Waals surface area contributed by atoms with E-state index in [4.69, 9.17) is 4.74 Å². The summed E-state index contributed by atoms with van der Waals surface area (Å²) in [5, 5.41) is 0. The Labute approximate surface area is 113 Å². The Balaban J connectivity index is 2.13. The second-order valence-electron chi connectivity index (χ2n) is 4.80. The Kier molecular flexibility index (Phi) is 2.96. The molecule has 0 bridgehead atoms. The van der Waals surface area contributed by atoms with Crippen molar-refractivity contribution in [1.82, 2.24) is 0 Å². The number of allylic oxidation sites excluding steroid dienone is 1. The third-order valence-electron chi connectivity index (χ3n) is 3.43. The van der Waals surface area contributed by atoms with Gasteiger partial charge in [-0.25, -0.2) is 0 Å². The standard InChI is InChI=1S/C18H16O/c1-13-8-10-15(11-9-13)17-12-19-14(2)18(17)16-6-4-3-5-7-16/h3-11H,2,12H2,1H3. The molecule has 0 saturated carbocycles. The highest BCUT2D eigenvalue weighted by atomic mass is 16.5. The summed E-state index contributed by atoms with van der Waals surface area (Å²) in [6, 6.07) is 18.9. The van der Waals surface area contributed by atoms with Gasteiger partial charge in [-0.2, -0.15) is 0 Å². The molecule has 1 heterocycles. The molecule has 0 N–H and O–H groups in total. The molecule has 0 radical (unpaired) electrons. The summed E-state index contributed by atoms with van der Waals surface area (Å²) in [7, 11) is 0. The average Bonchev–Trinajstić information content (AvgIpc) is 2.82. The van der Waals surface area contributed by atoms with Crippen LogP contribution in [0.25, 0.3) is 11.1 Å². The molecule has 0 aliphatic carbocycles. The summed E-state index contributed by atoms with van der Waals surface area (Å²) in [6.45, 7) is 6.73. The van der Waals surface area contributed by atoms with Crippen LogP contribution in [0.3, 0.4) is 0 Å². The van der Waals surface area contributed by atoms with Crippen LogP contribution in [0.1, 0.15) is 16.7 Å². The molecule has 1 nitrogen and oxygen atoms in total. The van der Waals surface area contributed by atoms with Crippen molar-refractivity contribution in [1.29, 1.82) is 0 Å². The fraction of sp³-hybridized carbons (Fsp3) is 0.111. The third kappa shape index (κ3) is 2.19. The molecule has 0 saturated heterocycles. The van der Waals surface area contributed by atoms with Gasteiger partial charge >= 0.3 is 0 Å². The first-order chi connectivity index (χ1) is 9.25. The Morgan fingerprint density at radius 1 is 0.895 bits per heavy atom. The van der Waals surface area contributed by atoms with Gasteiger partial charge in [0.05, 0.1) is 0 Å². The molecule has 0 atom stereocenters. The lowest BCUT2D eigenvalue weighted by molar-refractivity contribution is 0.286. The Hall–Kier alpha value is -2.28. The molecule has 1 aliphatic rings. The molecule has 0 amide bonds. The van der Waals surface area contributed by atoms with E-state index < -0.39 is 0 Å². The number of hydrogen-bond acceptors (Lipinski definition) is 1. The lowest BCUT2D eigenvalue weighted by atomic mass is 9.95. The number of benzene rings is 2. The number of rotatable bonds is 2. The van der Waals surface area contributed by atoms with Crippen LogP contribution in [0.15, 0.2) is 66.9 Å². The summed E-state index contributed by atoms with van der Waals surface area (Å²) >= 11 is 0. The molecule has 1 heteroatoms. The Morgan fingerprint density at radius 3 is 2.26 bits per heavy atom. The van der Waals surface area contributed by atoms with Crippen molar-refractivity contribution in [2.45, 2.75) is 6.92 Å². The van der Waals surface area contributed by atoms with E-state index in [0.29, 0.717) is 6.61 Å². The maximum Gasteiger partial charge on any atom is 0.120 e. The van der Waals surface area contributed by atoms with Gasteiger partial charge in [0.25, 0.3) is 0 Å². The van der Waals surface area contributed by atoms with Crippen molar-refractivity contribution in [3.05, 3.63) is 83.6 Å². The topological polar surface area (TPSA) is 9.23 Å². The van der Waals surface area contributed by atoms with E-state index in [1.165, 1.54) is 22.3 Å². The molecule has 1 aliphatic heterocycles. The smallest absolute Gasteiger partial charge is 0.120 e. The first kappa shape index (κ1) is 11.8. The monoisotopic (exact) mass is 248 g/mol. The van der Waals surface area contributed by atoms with E-state index in [1.807, 2.05) is 18.2 Å². The van der Waals surface area contributed by atoms with Gasteiger partial charge in [-0.15, -0.1) is 0 Å². The second kappa shape index (κ2) is 4.77. The number of hydrogen-bond donors (Lipinski definition) is 0. The van der Waals surface area contributed by atoms with Crippen LogP contribution in [0.2, 0.25) is 0 Å². The van der Waals surface area contributed by atoms with Gasteiger partial charge < -0.3 is 4.74 Å². The van der Waals surface area contributed by atoms with Gasteiger partial charge in [-0.3, -0.25) is 0 Å². The summed E-state index contributed by atoms with van der Waals surface area (Å²) in [5.74, 6) is 0.766. The molecule has 3 rings (SSSR count). The van der Waals surface area contributed by atoms with Crippen molar-refractivity contribution in [2.75, 3.05) is 6.61 Å². The van der Waals surface area contributed by atoms with Crippen LogP contribution >= 0.6 is 0 Å². The van der Waals surface area contributed by atoms with E-state index in [-0.39, 0.29) is 0 Å². The minimum Gasteiger partial charge on any atom is -0.489 e. The minimum atomic E-state index is 0.603. The van der Waals surface area contributed by atoms with Crippen LogP contribution < -0.4 is 0 Å². The van der Waals surface area contributed by atoms with Crippen molar-refractivity contribution >= 4 is 11.1 Å². The third-order valence-corrected chi connectivity index (χ3v) is 3.43. The van der Waals surface area contributed by atoms with Crippen LogP contribution in [-0.2, 0) is 4.74 Å². The lowest BCUT2D eigenvalue weighted by Crippen LogP contribution is -1.89. The van der Waals surface area contributed by atoms with Gasteiger partial charge in [0.2, 0.25) is 0 Å². The van der Waals surface area contributed by atoms with Gasteiger partial charge in [-0.1, -0.05) is 66.7 Å². The van der Waals surface area contributed by atoms with E-state index in [9.17, 15) is 0 Å². The summed E-state index contributed by atoms with van der Waals surface area (Å²) in [6.07, 6.45) is 0. The van der Waals surface area contributed by atoms with E-state index >= 15 is 0 Å². The predicted molar refractivity (Wildman–Crippen MR) is 79.5 cm³/mol. The molecule has 94 valence electrons. The molecule has 0 spiro atoms. The van der Waals surface area contributed by atoms with Crippen LogP contribution in [0.5, 0.6) is 0 Å². The van der Waals surface area contributed by atoms with E-state index in [0.717, 1.165) is 11.3 Å². The zero-order valence-corrected chi connectivity index (χ0v) is 11.0. The predicted octanol–water partition coefficient (Wildman–Crippen LogP) is 4.45. The largest absolute Gasteiger partial charge is 0.489 e. The maximum absolute atomic E-state index is 5.65. The normalized spacial score (nSPS) is 14.7. The van der Waals surface area contributed by atoms with E-state index in [1.54, 1.807) is 0 Å². The molecular formula is C18H16O. The van der Waals surface area contributed by atoms with Gasteiger partial charge in [0.1, 0.15) is 12.4 Å². The zero-order valence-electron chi connectivity index (χ0n) is 11.0. The number of ether oxygens (including phenoxy) is 1. The molecule has 0 fully saturated rings. The van der Waals surface area contributed by atoms with Gasteiger partial charge in [0, 0.05) is 11.1 Å². The fourth-order valence-electron chi connectivity index (χ4n) is 2.39. The van der Waals surface area contributed by atoms with Crippen LogP contribution in [0, 0.1) is 6.92 Å². The highest BCUT2D eigenvalue weighted by Gasteiger charge is 2.22. The highest BCUT2D eigenvalue weighted by molar-refractivity contribution is 5.99. The second-order valence-corrected chi connectivity index (χ2v) is 4.80. The zero-order chi connectivity index (χ0) is 13.2. The molecule has 2 aromatic carbocycles. The van der Waals surface area contributed by atoms with Crippen molar-refractivity contribution in [2.24, 2.45) is 0 Å². The molecule has 2 aromatic rings. The number of aryl methyl sites for hydroxylation is 1. The molecule has 0 aromatic heterocycles. The van der Waals surface area contributed by atoms with Crippen molar-refractivity contribution < 1.29 is 4.74 Å². The Bertz CT molecular complexity index is 633. The molecular weight excluding hydrogens is 232 g/mol. The average molecular weight is 248 g/mol. The highest BCUT2D eigenvalue weighted by Crippen LogP contribution is 2.37. The first-order valence-electron chi connectivity index (χ1n) is 6.43. The summed E-state index contributed by atoms with van der Waals surface area (Å²) < 4.78 is 5.65. The lowest BCUT2D eigenvalue weighted by Gasteiger charge is -2.06. The van der Waals surface area contributed by atoms with Gasteiger partial charge in [0.15, 0.2) is 0 Å². The molecule has 0 unspecified atom stereocenters. The SMILES string of the molecule is C=C1OCC(c2ccc(C)cc2)=C1c1ccccc1. The van der Waals surface area contributed by atoms with Crippen molar-refractivity contribution in [3.8, 4) is 0 Å². The van der Waals surface area contributed by atoms with Crippen molar-refractivity contribution in [3.63, 3.8) is 0 Å². The quantitative estimate of drug-likeness (QED) is 0.763. The van der Waals surface area contributed by atoms with E-state index in [2.05, 4.69) is 49.9 Å². The Morgan fingerprint density at radius 2 is 1.58 bits per heavy atom. The first-order valence-corrected chi connectivity index (χ1v) is 6.43. The molecule has 19 heavy (non-hydrogen) atoms. The fourth-order valence-corrected chi connectivity index (χ4v) is 2.39. The minimum absolute atomic E-state index is 0.603. The van der Waals surface area contributed by atoms with Gasteiger partial charge in [-0.05, 0) is 18.1 Å². The van der Waals surface area contributed by atoms with Crippen LogP contribution in [-0.4, -0.2) is 6.61 Å².